The molecule has 0 aromatic heterocycles. The van der Waals surface area contributed by atoms with E-state index in [1.54, 1.807) is 0 Å². The van der Waals surface area contributed by atoms with Gasteiger partial charge in [-0.15, -0.1) is 93.9 Å². The van der Waals surface area contributed by atoms with Gasteiger partial charge in [0.15, 0.2) is 0 Å². The van der Waals surface area contributed by atoms with Gasteiger partial charge in [0.05, 0.1) is 0 Å². The molecule has 51 heavy (non-hydrogen) atoms. The van der Waals surface area contributed by atoms with Crippen LogP contribution in [-0.4, -0.2) is 6.88 Å². The molecule has 0 unspecified atom stereocenters. The summed E-state index contributed by atoms with van der Waals surface area (Å²) in [5, 5.41) is 5.49. The second-order valence-electron chi connectivity index (χ2n) is 14.6. The fraction of sp³-hybridized carbons (Fsp3) is 0.319. The van der Waals surface area contributed by atoms with E-state index in [1.807, 2.05) is 0 Å². The first-order chi connectivity index (χ1) is 22.7. The quantitative estimate of drug-likeness (QED) is 0.120. The Kier molecular flexibility index (Phi) is 19.7. The molecule has 0 nitrogen and oxygen atoms in total. The van der Waals surface area contributed by atoms with Crippen LogP contribution in [0, 0.1) is 14.9 Å². The Balaban J connectivity index is 0.000000453. The van der Waals surface area contributed by atoms with Crippen LogP contribution < -0.4 is 0 Å². The first kappa shape index (κ1) is 46.8. The van der Waals surface area contributed by atoms with E-state index in [2.05, 4.69) is 158 Å². The van der Waals surface area contributed by atoms with E-state index in [0.29, 0.717) is 5.92 Å². The van der Waals surface area contributed by atoms with Crippen LogP contribution in [0.25, 0.3) is 43.8 Å². The van der Waals surface area contributed by atoms with Crippen molar-refractivity contribution >= 4 is 53.2 Å². The van der Waals surface area contributed by atoms with Gasteiger partial charge in [-0.05, 0) is 58.8 Å². The second-order valence-corrected chi connectivity index (χ2v) is 14.6. The molecule has 6 aromatic carbocycles. The van der Waals surface area contributed by atoms with Gasteiger partial charge in [-0.2, -0.15) is 12.1 Å². The van der Waals surface area contributed by atoms with Crippen molar-refractivity contribution in [2.75, 3.05) is 0 Å². The number of aryl methyl sites for hydroxylation is 1. The third-order valence-electron chi connectivity index (χ3n) is 10.0. The molecule has 4 heteroatoms. The Labute approximate surface area is 340 Å². The van der Waals surface area contributed by atoms with Gasteiger partial charge in [-0.1, -0.05) is 133 Å². The van der Waals surface area contributed by atoms with Crippen molar-refractivity contribution in [3.8, 4) is 22.3 Å². The summed E-state index contributed by atoms with van der Waals surface area (Å²) in [6.07, 6.45) is 8.08. The number of benzene rings is 4. The zero-order valence-electron chi connectivity index (χ0n) is 32.1. The fourth-order valence-corrected chi connectivity index (χ4v) is 7.12. The topological polar surface area (TPSA) is 0 Å². The first-order valence-corrected chi connectivity index (χ1v) is 21.7. The third kappa shape index (κ3) is 11.4. The molecule has 0 heterocycles. The van der Waals surface area contributed by atoms with Crippen molar-refractivity contribution in [3.05, 3.63) is 146 Å². The Morgan fingerprint density at radius 1 is 0.686 bits per heavy atom. The predicted octanol–water partition coefficient (Wildman–Crippen LogP) is 14.8. The Morgan fingerprint density at radius 2 is 1.18 bits per heavy atom. The number of rotatable bonds is 5. The van der Waals surface area contributed by atoms with Crippen molar-refractivity contribution in [1.82, 2.24) is 0 Å². The molecule has 0 aliphatic heterocycles. The number of fused-ring (bicyclic) bond motifs is 2. The standard InChI is InChI=1S/C23H25.C22H25.2CH3.2ClH.Si.Zr/c1-2-17-15-21-9-6-10-22(23(21)16-17)20-13-11-19(12-14-20)18-7-4-3-5-8-18;1-15(2)18-13-17-7-6-8-20(21(17)14-18)16-9-11-19(12-10-16)22(3,4)5;;;;;;/h6,9-16,18H,2-5,7-8H2,1H3;6-15H,1-5H3;2*1H3;2*1H;;/q4*-1;;;;. The molecule has 0 amide bonds. The Bertz CT molecular complexity index is 1880. The molecule has 0 N–H and O–H groups in total. The van der Waals surface area contributed by atoms with Gasteiger partial charge in [0.2, 0.25) is 0 Å². The van der Waals surface area contributed by atoms with Crippen LogP contribution in [0.3, 0.4) is 0 Å². The van der Waals surface area contributed by atoms with Crippen LogP contribution in [0.5, 0.6) is 0 Å². The molecular formula is C47H58Cl2SiZr-4. The maximum atomic E-state index is 3.06. The summed E-state index contributed by atoms with van der Waals surface area (Å²) in [7, 11) is 0. The van der Waals surface area contributed by atoms with Crippen LogP contribution >= 0.6 is 24.8 Å². The summed E-state index contributed by atoms with van der Waals surface area (Å²) < 4.78 is 0. The van der Waals surface area contributed by atoms with Crippen LogP contribution in [0.2, 0.25) is 0 Å². The first-order valence-electron chi connectivity index (χ1n) is 17.5. The zero-order valence-corrected chi connectivity index (χ0v) is 37.2. The molecule has 6 aromatic rings. The van der Waals surface area contributed by atoms with Gasteiger partial charge in [-0.25, -0.2) is 0 Å². The van der Waals surface area contributed by atoms with Crippen molar-refractivity contribution in [3.63, 3.8) is 0 Å². The number of halogens is 2. The summed E-state index contributed by atoms with van der Waals surface area (Å²) in [5.41, 5.74) is 11.4. The average molecular weight is 813 g/mol. The predicted molar refractivity (Wildman–Crippen MR) is 231 cm³/mol. The summed E-state index contributed by atoms with van der Waals surface area (Å²) in [6.45, 7) is 16.6. The van der Waals surface area contributed by atoms with Gasteiger partial charge in [0, 0.05) is 0 Å². The monoisotopic (exact) mass is 810 g/mol. The molecule has 1 aliphatic rings. The summed E-state index contributed by atoms with van der Waals surface area (Å²) in [5.74, 6) is 1.36. The number of hydrogen-bond donors (Lipinski definition) is 0. The van der Waals surface area contributed by atoms with Crippen molar-refractivity contribution in [2.24, 2.45) is 0 Å². The van der Waals surface area contributed by atoms with E-state index in [4.69, 9.17) is 0 Å². The van der Waals surface area contributed by atoms with E-state index < -0.39 is 0 Å². The molecule has 272 valence electrons. The molecule has 0 bridgehead atoms. The van der Waals surface area contributed by atoms with E-state index >= 15 is 0 Å². The molecule has 1 fully saturated rings. The molecule has 2 radical (unpaired) electrons. The van der Waals surface area contributed by atoms with Crippen molar-refractivity contribution in [1.29, 1.82) is 0 Å². The molecule has 0 atom stereocenters. The molecule has 0 spiro atoms. The van der Waals surface area contributed by atoms with Gasteiger partial charge in [0.1, 0.15) is 0 Å². The molecule has 0 saturated heterocycles. The van der Waals surface area contributed by atoms with E-state index in [9.17, 15) is 0 Å². The van der Waals surface area contributed by atoms with Crippen LogP contribution in [0.15, 0.2) is 109 Å². The minimum atomic E-state index is 0. The van der Waals surface area contributed by atoms with Gasteiger partial charge >= 0.3 is 30.2 Å². The van der Waals surface area contributed by atoms with Gasteiger partial charge in [-0.3, -0.25) is 0 Å². The average Bonchev–Trinajstić information content (AvgIpc) is 3.75. The molecule has 1 saturated carbocycles. The maximum absolute atomic E-state index is 3.06. The summed E-state index contributed by atoms with van der Waals surface area (Å²) >= 11 is 1.36. The van der Waals surface area contributed by atoms with Gasteiger partial charge in [0.25, 0.3) is 0 Å². The van der Waals surface area contributed by atoms with E-state index in [1.165, 1.54) is 121 Å². The van der Waals surface area contributed by atoms with E-state index in [-0.39, 0.29) is 45.1 Å². The fourth-order valence-electron chi connectivity index (χ4n) is 7.12. The van der Waals surface area contributed by atoms with Crippen molar-refractivity contribution in [2.45, 2.75) is 97.3 Å². The molecule has 1 aliphatic carbocycles. The minimum absolute atomic E-state index is 0. The third-order valence-corrected chi connectivity index (χ3v) is 10.0. The second kappa shape index (κ2) is 21.5. The van der Waals surface area contributed by atoms with Crippen LogP contribution in [-0.2, 0) is 35.2 Å². The Morgan fingerprint density at radius 3 is 1.67 bits per heavy atom. The van der Waals surface area contributed by atoms with Crippen LogP contribution in [0.1, 0.15) is 108 Å². The van der Waals surface area contributed by atoms with E-state index in [0.717, 1.165) is 12.3 Å². The number of hydrogen-bond acceptors (Lipinski definition) is 0. The Hall–Kier alpha value is -2.22. The van der Waals surface area contributed by atoms with Crippen LogP contribution in [0.4, 0.5) is 0 Å². The normalized spacial score (nSPS) is 12.6. The summed E-state index contributed by atoms with van der Waals surface area (Å²) in [4.78, 5) is 0. The summed E-state index contributed by atoms with van der Waals surface area (Å²) in [6, 6.07) is 41.1. The molecule has 7 rings (SSSR count). The SMILES string of the molecule is CC(C)c1cc2c(-c3ccc(C(C)(C)C)cc3)cccc2[cH-]1.CCc1cc2c(-c3ccc(C4CCCCC4)cc3)cccc2[cH-]1.Cl.Cl.[CH3-].[CH3-].[Si]=[Zr]. The van der Waals surface area contributed by atoms with Crippen molar-refractivity contribution < 1.29 is 23.3 Å². The molecular weight excluding hydrogens is 755 g/mol. The zero-order chi connectivity index (χ0) is 33.6. The van der Waals surface area contributed by atoms with Gasteiger partial charge < -0.3 is 14.9 Å².